The van der Waals surface area contributed by atoms with Crippen LogP contribution >= 0.6 is 24.0 Å². The SMILES string of the molecule is CN=C(NCc1cccc(OCC(=O)N(C)C)c1)NCc1ccc(OC)c(OC)c1.I. The normalized spacial score (nSPS) is 10.5. The average molecular weight is 542 g/mol. The molecule has 0 atom stereocenters. The van der Waals surface area contributed by atoms with Gasteiger partial charge < -0.3 is 29.7 Å². The van der Waals surface area contributed by atoms with Gasteiger partial charge in [-0.25, -0.2) is 0 Å². The molecule has 0 aliphatic heterocycles. The van der Waals surface area contributed by atoms with Crippen LogP contribution < -0.4 is 24.8 Å². The first kappa shape index (κ1) is 26.3. The van der Waals surface area contributed by atoms with Gasteiger partial charge in [0, 0.05) is 34.2 Å². The third-order valence-corrected chi connectivity index (χ3v) is 4.35. The number of hydrogen-bond acceptors (Lipinski definition) is 5. The van der Waals surface area contributed by atoms with Gasteiger partial charge in [0.2, 0.25) is 0 Å². The number of nitrogens with one attached hydrogen (secondary N) is 2. The molecule has 2 aromatic carbocycles. The van der Waals surface area contributed by atoms with E-state index in [1.807, 2.05) is 42.5 Å². The first-order chi connectivity index (χ1) is 14.5. The first-order valence-electron chi connectivity index (χ1n) is 9.54. The van der Waals surface area contributed by atoms with E-state index < -0.39 is 0 Å². The highest BCUT2D eigenvalue weighted by Crippen LogP contribution is 2.27. The fourth-order valence-corrected chi connectivity index (χ4v) is 2.60. The lowest BCUT2D eigenvalue weighted by Crippen LogP contribution is -2.36. The van der Waals surface area contributed by atoms with Gasteiger partial charge in [0.1, 0.15) is 5.75 Å². The molecule has 0 aliphatic rings. The number of hydrogen-bond donors (Lipinski definition) is 2. The Morgan fingerprint density at radius 2 is 1.61 bits per heavy atom. The molecule has 0 spiro atoms. The molecule has 170 valence electrons. The van der Waals surface area contributed by atoms with Gasteiger partial charge in [-0.2, -0.15) is 0 Å². The number of likely N-dealkylation sites (N-methyl/N-ethyl adjacent to an activating group) is 1. The Hall–Kier alpha value is -2.69. The van der Waals surface area contributed by atoms with Crippen molar-refractivity contribution in [3.8, 4) is 17.2 Å². The first-order valence-corrected chi connectivity index (χ1v) is 9.54. The molecule has 0 fully saturated rings. The summed E-state index contributed by atoms with van der Waals surface area (Å²) in [4.78, 5) is 17.4. The van der Waals surface area contributed by atoms with Crippen molar-refractivity contribution in [2.75, 3.05) is 42.0 Å². The monoisotopic (exact) mass is 542 g/mol. The van der Waals surface area contributed by atoms with E-state index in [1.165, 1.54) is 4.90 Å². The van der Waals surface area contributed by atoms with Crippen LogP contribution in [0.3, 0.4) is 0 Å². The van der Waals surface area contributed by atoms with Gasteiger partial charge in [-0.05, 0) is 35.4 Å². The zero-order chi connectivity index (χ0) is 21.9. The minimum Gasteiger partial charge on any atom is -0.493 e. The predicted octanol–water partition coefficient (Wildman–Crippen LogP) is 2.65. The summed E-state index contributed by atoms with van der Waals surface area (Å²) in [6, 6.07) is 13.4. The summed E-state index contributed by atoms with van der Waals surface area (Å²) in [6.07, 6.45) is 0. The number of carbonyl (C=O) groups excluding carboxylic acids is 1. The standard InChI is InChI=1S/C22H30N4O4.HI/c1-23-22(25-14-17-9-10-19(28-4)20(12-17)29-5)24-13-16-7-6-8-18(11-16)30-15-21(27)26(2)3;/h6-12H,13-15H2,1-5H3,(H2,23,24,25);1H. The molecular formula is C22H31IN4O4. The van der Waals surface area contributed by atoms with E-state index in [9.17, 15) is 4.79 Å². The van der Waals surface area contributed by atoms with Crippen LogP contribution in [0.25, 0.3) is 0 Å². The van der Waals surface area contributed by atoms with Crippen LogP contribution in [0.2, 0.25) is 0 Å². The Morgan fingerprint density at radius 3 is 2.19 bits per heavy atom. The lowest BCUT2D eigenvalue weighted by Gasteiger charge is -2.14. The Balaban J connectivity index is 0.00000480. The number of guanidine groups is 1. The van der Waals surface area contributed by atoms with Crippen molar-refractivity contribution in [3.05, 3.63) is 53.6 Å². The van der Waals surface area contributed by atoms with E-state index in [0.29, 0.717) is 36.3 Å². The molecule has 9 heteroatoms. The van der Waals surface area contributed by atoms with E-state index in [2.05, 4.69) is 15.6 Å². The molecule has 0 heterocycles. The van der Waals surface area contributed by atoms with Gasteiger partial charge in [0.05, 0.1) is 14.2 Å². The van der Waals surface area contributed by atoms with Gasteiger partial charge >= 0.3 is 0 Å². The van der Waals surface area contributed by atoms with Gasteiger partial charge in [-0.15, -0.1) is 24.0 Å². The Labute approximate surface area is 201 Å². The predicted molar refractivity (Wildman–Crippen MR) is 133 cm³/mol. The molecule has 1 amide bonds. The molecule has 0 unspecified atom stereocenters. The molecule has 0 saturated heterocycles. The molecule has 2 N–H and O–H groups in total. The Bertz CT molecular complexity index is 874. The van der Waals surface area contributed by atoms with E-state index >= 15 is 0 Å². The zero-order valence-electron chi connectivity index (χ0n) is 18.6. The van der Waals surface area contributed by atoms with Crippen molar-refractivity contribution in [2.24, 2.45) is 4.99 Å². The fourth-order valence-electron chi connectivity index (χ4n) is 2.60. The number of aliphatic imine (C=N–C) groups is 1. The second-order valence-electron chi connectivity index (χ2n) is 6.69. The van der Waals surface area contributed by atoms with Crippen molar-refractivity contribution in [1.82, 2.24) is 15.5 Å². The molecule has 2 aromatic rings. The maximum atomic E-state index is 11.7. The maximum Gasteiger partial charge on any atom is 0.259 e. The van der Waals surface area contributed by atoms with Gasteiger partial charge in [0.15, 0.2) is 24.1 Å². The van der Waals surface area contributed by atoms with Crippen LogP contribution in [-0.4, -0.2) is 58.7 Å². The highest BCUT2D eigenvalue weighted by atomic mass is 127. The number of halogens is 1. The summed E-state index contributed by atoms with van der Waals surface area (Å²) in [5.74, 6) is 2.61. The fraction of sp³-hybridized carbons (Fsp3) is 0.364. The summed E-state index contributed by atoms with van der Waals surface area (Å²) < 4.78 is 16.2. The summed E-state index contributed by atoms with van der Waals surface area (Å²) in [5, 5.41) is 6.54. The molecular weight excluding hydrogens is 511 g/mol. The topological polar surface area (TPSA) is 84.4 Å². The second-order valence-corrected chi connectivity index (χ2v) is 6.69. The molecule has 0 saturated carbocycles. The lowest BCUT2D eigenvalue weighted by molar-refractivity contribution is -0.130. The van der Waals surface area contributed by atoms with Crippen LogP contribution in [0, 0.1) is 0 Å². The van der Waals surface area contributed by atoms with Gasteiger partial charge in [-0.3, -0.25) is 9.79 Å². The number of rotatable bonds is 9. The van der Waals surface area contributed by atoms with Crippen molar-refractivity contribution in [3.63, 3.8) is 0 Å². The number of carbonyl (C=O) groups is 1. The van der Waals surface area contributed by atoms with Crippen molar-refractivity contribution >= 4 is 35.8 Å². The minimum absolute atomic E-state index is 0. The summed E-state index contributed by atoms with van der Waals surface area (Å²) in [7, 11) is 8.35. The lowest BCUT2D eigenvalue weighted by atomic mass is 10.2. The van der Waals surface area contributed by atoms with E-state index in [1.54, 1.807) is 35.4 Å². The molecule has 0 radical (unpaired) electrons. The van der Waals surface area contributed by atoms with Crippen molar-refractivity contribution in [1.29, 1.82) is 0 Å². The average Bonchev–Trinajstić information content (AvgIpc) is 2.77. The van der Waals surface area contributed by atoms with Crippen LogP contribution in [0.1, 0.15) is 11.1 Å². The van der Waals surface area contributed by atoms with Gasteiger partial charge in [0.25, 0.3) is 5.91 Å². The quantitative estimate of drug-likeness (QED) is 0.288. The van der Waals surface area contributed by atoms with E-state index in [-0.39, 0.29) is 36.5 Å². The summed E-state index contributed by atoms with van der Waals surface area (Å²) in [5.41, 5.74) is 2.05. The van der Waals surface area contributed by atoms with E-state index in [4.69, 9.17) is 14.2 Å². The second kappa shape index (κ2) is 13.6. The van der Waals surface area contributed by atoms with Crippen molar-refractivity contribution in [2.45, 2.75) is 13.1 Å². The number of methoxy groups -OCH3 is 2. The molecule has 31 heavy (non-hydrogen) atoms. The number of amides is 1. The van der Waals surface area contributed by atoms with Crippen LogP contribution in [0.4, 0.5) is 0 Å². The third-order valence-electron chi connectivity index (χ3n) is 4.35. The Morgan fingerprint density at radius 1 is 0.968 bits per heavy atom. The third kappa shape index (κ3) is 8.52. The highest BCUT2D eigenvalue weighted by molar-refractivity contribution is 14.0. The number of nitrogens with zero attached hydrogens (tertiary/aromatic N) is 2. The van der Waals surface area contributed by atoms with Crippen LogP contribution in [0.5, 0.6) is 17.2 Å². The van der Waals surface area contributed by atoms with Gasteiger partial charge in [-0.1, -0.05) is 18.2 Å². The summed E-state index contributed by atoms with van der Waals surface area (Å²) in [6.45, 7) is 1.15. The largest absolute Gasteiger partial charge is 0.493 e. The van der Waals surface area contributed by atoms with Crippen LogP contribution in [0.15, 0.2) is 47.5 Å². The smallest absolute Gasteiger partial charge is 0.259 e. The van der Waals surface area contributed by atoms with Crippen LogP contribution in [-0.2, 0) is 17.9 Å². The molecule has 0 aromatic heterocycles. The summed E-state index contributed by atoms with van der Waals surface area (Å²) >= 11 is 0. The zero-order valence-corrected chi connectivity index (χ0v) is 20.9. The molecule has 0 bridgehead atoms. The van der Waals surface area contributed by atoms with Crippen molar-refractivity contribution < 1.29 is 19.0 Å². The molecule has 8 nitrogen and oxygen atoms in total. The number of benzene rings is 2. The highest BCUT2D eigenvalue weighted by Gasteiger charge is 2.07. The number of ether oxygens (including phenoxy) is 3. The Kier molecular flexibility index (Phi) is 11.5. The molecule has 0 aliphatic carbocycles. The molecule has 2 rings (SSSR count). The van der Waals surface area contributed by atoms with E-state index in [0.717, 1.165) is 11.1 Å². The minimum atomic E-state index is -0.0849. The maximum absolute atomic E-state index is 11.7.